The van der Waals surface area contributed by atoms with E-state index in [1.54, 1.807) is 30.3 Å². The fourth-order valence-corrected chi connectivity index (χ4v) is 8.11. The molecule has 3 saturated heterocycles. The summed E-state index contributed by atoms with van der Waals surface area (Å²) in [6.07, 6.45) is 5.49. The van der Waals surface area contributed by atoms with Crippen LogP contribution in [-0.4, -0.2) is 103 Å². The second-order valence-electron chi connectivity index (χ2n) is 15.0. The topological polar surface area (TPSA) is 173 Å². The van der Waals surface area contributed by atoms with Crippen molar-refractivity contribution >= 4 is 46.7 Å². The third kappa shape index (κ3) is 9.54. The number of amides is 4. The number of carbonyl (C=O) groups is 4. The van der Waals surface area contributed by atoms with Gasteiger partial charge in [0.25, 0.3) is 11.8 Å². The van der Waals surface area contributed by atoms with Crippen molar-refractivity contribution in [2.24, 2.45) is 5.92 Å². The van der Waals surface area contributed by atoms with Crippen LogP contribution in [-0.2, 0) is 9.59 Å². The van der Waals surface area contributed by atoms with Crippen molar-refractivity contribution in [3.05, 3.63) is 76.2 Å². The summed E-state index contributed by atoms with van der Waals surface area (Å²) in [6.45, 7) is 5.86. The lowest BCUT2D eigenvalue weighted by Gasteiger charge is -2.39. The number of hydrogen-bond donors (Lipinski definition) is 3. The number of rotatable bonds is 10. The van der Waals surface area contributed by atoms with Gasteiger partial charge < -0.3 is 25.2 Å². The molecule has 0 spiro atoms. The molecule has 1 aliphatic carbocycles. The first kappa shape index (κ1) is 38.9. The number of aromatic nitrogens is 2. The monoisotopic (exact) mass is 785 g/mol. The Labute approximate surface area is 329 Å². The molecule has 4 fully saturated rings. The molecule has 3 N–H and O–H groups in total. The Morgan fingerprint density at radius 1 is 0.875 bits per heavy atom. The van der Waals surface area contributed by atoms with Crippen molar-refractivity contribution < 1.29 is 28.3 Å². The Kier molecular flexibility index (Phi) is 12.3. The molecule has 4 heterocycles. The average Bonchev–Trinajstić information content (AvgIpc) is 3.20. The van der Waals surface area contributed by atoms with Gasteiger partial charge in [-0.05, 0) is 93.3 Å². The number of nitrogens with zero attached hydrogens (tertiary/aromatic N) is 6. The minimum Gasteiger partial charge on any atom is -0.490 e. The predicted octanol–water partition coefficient (Wildman–Crippen LogP) is 3.83. The molecule has 1 atom stereocenters. The summed E-state index contributed by atoms with van der Waals surface area (Å²) < 4.78 is 21.1. The standard InChI is InChI=1S/C40H45ClFN9O5/c41-32-22-30(5-1-26(32)23-43)56-29-6-2-27(3-7-29)44-40(55)35-9-11-36(48-47-35)51-15-13-25(14-16-51)24-49-17-19-50(20-18-49)28-4-8-31(33(42)21-28)38(53)45-34-10-12-37(52)46-39(34)54/h1,4-5,8-9,11,21-22,25,27,29,34H,2-3,6-7,10,12-20,24H2,(H,44,55)(H,45,53)(H,46,52,54). The normalized spacial score (nSPS) is 22.2. The molecule has 1 unspecified atom stereocenters. The fraction of sp³-hybridized carbons (Fsp3) is 0.475. The third-order valence-corrected chi connectivity index (χ3v) is 11.5. The number of ether oxygens (including phenoxy) is 1. The fourth-order valence-electron chi connectivity index (χ4n) is 7.90. The first-order valence-corrected chi connectivity index (χ1v) is 19.7. The summed E-state index contributed by atoms with van der Waals surface area (Å²) in [7, 11) is 0. The van der Waals surface area contributed by atoms with Gasteiger partial charge in [0.15, 0.2) is 11.5 Å². The maximum atomic E-state index is 15.0. The van der Waals surface area contributed by atoms with E-state index in [4.69, 9.17) is 21.6 Å². The van der Waals surface area contributed by atoms with E-state index in [0.717, 1.165) is 90.2 Å². The minimum absolute atomic E-state index is 0.0167. The van der Waals surface area contributed by atoms with Crippen LogP contribution in [0.4, 0.5) is 15.9 Å². The zero-order chi connectivity index (χ0) is 39.2. The zero-order valence-electron chi connectivity index (χ0n) is 31.0. The van der Waals surface area contributed by atoms with Crippen LogP contribution in [0.25, 0.3) is 0 Å². The van der Waals surface area contributed by atoms with Crippen molar-refractivity contribution in [2.45, 2.75) is 69.6 Å². The third-order valence-electron chi connectivity index (χ3n) is 11.2. The molecule has 16 heteroatoms. The quantitative estimate of drug-likeness (QED) is 0.255. The summed E-state index contributed by atoms with van der Waals surface area (Å²) >= 11 is 6.14. The van der Waals surface area contributed by atoms with Crippen LogP contribution < -0.4 is 30.5 Å². The van der Waals surface area contributed by atoms with Gasteiger partial charge in [-0.25, -0.2) is 4.39 Å². The number of anilines is 2. The number of imide groups is 1. The smallest absolute Gasteiger partial charge is 0.272 e. The number of benzene rings is 2. The van der Waals surface area contributed by atoms with Crippen molar-refractivity contribution in [1.29, 1.82) is 5.26 Å². The van der Waals surface area contributed by atoms with Gasteiger partial charge in [0.05, 0.1) is 22.3 Å². The van der Waals surface area contributed by atoms with Crippen LogP contribution in [0.5, 0.6) is 5.75 Å². The minimum atomic E-state index is -0.866. The Hall–Kier alpha value is -5.33. The maximum absolute atomic E-state index is 15.0. The molecule has 4 amide bonds. The summed E-state index contributed by atoms with van der Waals surface area (Å²) in [5.74, 6) is -0.591. The van der Waals surface area contributed by atoms with Gasteiger partial charge in [-0.15, -0.1) is 10.2 Å². The molecular weight excluding hydrogens is 741 g/mol. The van der Waals surface area contributed by atoms with Crippen molar-refractivity contribution in [3.8, 4) is 11.8 Å². The number of nitriles is 1. The molecule has 4 aliphatic rings. The maximum Gasteiger partial charge on any atom is 0.272 e. The number of halogens is 2. The molecule has 1 saturated carbocycles. The molecule has 14 nitrogen and oxygen atoms in total. The lowest BCUT2D eigenvalue weighted by Crippen LogP contribution is -2.52. The van der Waals surface area contributed by atoms with E-state index >= 15 is 4.39 Å². The molecule has 2 aromatic carbocycles. The molecule has 294 valence electrons. The van der Waals surface area contributed by atoms with Gasteiger partial charge >= 0.3 is 0 Å². The Morgan fingerprint density at radius 2 is 1.64 bits per heavy atom. The van der Waals surface area contributed by atoms with E-state index in [9.17, 15) is 19.2 Å². The summed E-state index contributed by atoms with van der Waals surface area (Å²) in [5.41, 5.74) is 1.28. The molecule has 7 rings (SSSR count). The Bertz CT molecular complexity index is 1970. The van der Waals surface area contributed by atoms with Crippen LogP contribution in [0.3, 0.4) is 0 Å². The van der Waals surface area contributed by atoms with E-state index in [1.807, 2.05) is 12.1 Å². The van der Waals surface area contributed by atoms with Gasteiger partial charge in [0.1, 0.15) is 23.7 Å². The Morgan fingerprint density at radius 3 is 2.30 bits per heavy atom. The number of carbonyl (C=O) groups excluding carboxylic acids is 4. The van der Waals surface area contributed by atoms with E-state index in [1.165, 1.54) is 12.1 Å². The summed E-state index contributed by atoms with van der Waals surface area (Å²) in [6, 6.07) is 14.4. The van der Waals surface area contributed by atoms with Gasteiger partial charge in [0.2, 0.25) is 11.8 Å². The van der Waals surface area contributed by atoms with Crippen LogP contribution in [0.2, 0.25) is 5.02 Å². The van der Waals surface area contributed by atoms with Gasteiger partial charge in [0, 0.05) is 70.0 Å². The SMILES string of the molecule is N#Cc1ccc(OC2CCC(NC(=O)c3ccc(N4CCC(CN5CCN(c6ccc(C(=O)NC7CCC(=O)NC7=O)c(F)c6)CC5)CC4)nn3)CC2)cc1Cl. The van der Waals surface area contributed by atoms with Crippen molar-refractivity contribution in [3.63, 3.8) is 0 Å². The molecule has 1 aromatic heterocycles. The molecule has 56 heavy (non-hydrogen) atoms. The molecule has 3 aromatic rings. The van der Waals surface area contributed by atoms with Crippen LogP contribution in [0.1, 0.15) is 77.8 Å². The van der Waals surface area contributed by atoms with E-state index in [0.29, 0.717) is 33.6 Å². The van der Waals surface area contributed by atoms with Crippen molar-refractivity contribution in [1.82, 2.24) is 31.0 Å². The zero-order valence-corrected chi connectivity index (χ0v) is 31.8. The highest BCUT2D eigenvalue weighted by Crippen LogP contribution is 2.28. The Balaban J connectivity index is 0.800. The second kappa shape index (κ2) is 17.6. The van der Waals surface area contributed by atoms with E-state index in [2.05, 4.69) is 40.8 Å². The molecule has 0 radical (unpaired) electrons. The summed E-state index contributed by atoms with van der Waals surface area (Å²) in [4.78, 5) is 55.8. The van der Waals surface area contributed by atoms with Crippen molar-refractivity contribution in [2.75, 3.05) is 55.6 Å². The van der Waals surface area contributed by atoms with Crippen LogP contribution in [0, 0.1) is 23.1 Å². The molecule has 0 bridgehead atoms. The highest BCUT2D eigenvalue weighted by Gasteiger charge is 2.30. The number of piperidine rings is 2. The van der Waals surface area contributed by atoms with Gasteiger partial charge in [-0.1, -0.05) is 11.6 Å². The highest BCUT2D eigenvalue weighted by molar-refractivity contribution is 6.31. The first-order chi connectivity index (χ1) is 27.1. The van der Waals surface area contributed by atoms with Gasteiger partial charge in [-0.2, -0.15) is 5.26 Å². The number of piperazine rings is 1. The van der Waals surface area contributed by atoms with Crippen LogP contribution >= 0.6 is 11.6 Å². The first-order valence-electron chi connectivity index (χ1n) is 19.3. The van der Waals surface area contributed by atoms with Gasteiger partial charge in [-0.3, -0.25) is 29.4 Å². The number of nitrogens with one attached hydrogen (secondary N) is 3. The molecule has 3 aliphatic heterocycles. The predicted molar refractivity (Wildman–Crippen MR) is 206 cm³/mol. The second-order valence-corrected chi connectivity index (χ2v) is 15.4. The highest BCUT2D eigenvalue weighted by atomic mass is 35.5. The van der Waals surface area contributed by atoms with Crippen LogP contribution in [0.15, 0.2) is 48.5 Å². The lowest BCUT2D eigenvalue weighted by atomic mass is 9.93. The van der Waals surface area contributed by atoms with E-state index in [-0.39, 0.29) is 42.4 Å². The number of hydrogen-bond acceptors (Lipinski definition) is 11. The largest absolute Gasteiger partial charge is 0.490 e. The lowest BCUT2D eigenvalue weighted by molar-refractivity contribution is -0.134. The molecular formula is C40H45ClFN9O5. The average molecular weight is 786 g/mol. The summed E-state index contributed by atoms with van der Waals surface area (Å²) in [5, 5.41) is 25.9. The van der Waals surface area contributed by atoms with E-state index < -0.39 is 23.7 Å².